The van der Waals surface area contributed by atoms with Crippen LogP contribution in [0.4, 0.5) is 0 Å². The van der Waals surface area contributed by atoms with Gasteiger partial charge in [0.2, 0.25) is 0 Å². The molecule has 0 saturated heterocycles. The van der Waals surface area contributed by atoms with E-state index in [1.165, 1.54) is 5.39 Å². The average Bonchev–Trinajstić information content (AvgIpc) is 2.60. The maximum atomic E-state index is 12.0. The summed E-state index contributed by atoms with van der Waals surface area (Å²) in [6.07, 6.45) is 0.884. The zero-order valence-electron chi connectivity index (χ0n) is 13.2. The first kappa shape index (κ1) is 15.3. The van der Waals surface area contributed by atoms with Gasteiger partial charge in [0.15, 0.2) is 0 Å². The van der Waals surface area contributed by atoms with Gasteiger partial charge in [-0.2, -0.15) is 0 Å². The molecule has 2 nitrogen and oxygen atoms in total. The molecular formula is C21H20O2. The van der Waals surface area contributed by atoms with Crippen LogP contribution in [0.2, 0.25) is 0 Å². The monoisotopic (exact) mass is 304 g/mol. The summed E-state index contributed by atoms with van der Waals surface area (Å²) in [6.45, 7) is 1.92. The molecule has 1 atom stereocenters. The molecule has 0 amide bonds. The number of ether oxygens (including phenoxy) is 1. The van der Waals surface area contributed by atoms with Crippen molar-refractivity contribution in [3.8, 4) is 0 Å². The Balaban J connectivity index is 1.61. The van der Waals surface area contributed by atoms with Crippen LogP contribution in [0.5, 0.6) is 0 Å². The Hall–Kier alpha value is -2.61. The fraction of sp³-hybridized carbons (Fsp3) is 0.190. The second-order valence-corrected chi connectivity index (χ2v) is 5.72. The van der Waals surface area contributed by atoms with Crippen molar-refractivity contribution in [1.82, 2.24) is 0 Å². The lowest BCUT2D eigenvalue weighted by atomic mass is 10.0. The highest BCUT2D eigenvalue weighted by Crippen LogP contribution is 2.23. The normalized spacial score (nSPS) is 12.0. The van der Waals surface area contributed by atoms with Gasteiger partial charge in [0.05, 0.1) is 0 Å². The first-order valence-corrected chi connectivity index (χ1v) is 7.94. The molecule has 0 fully saturated rings. The van der Waals surface area contributed by atoms with Crippen LogP contribution in [0.3, 0.4) is 0 Å². The molecule has 2 heteroatoms. The van der Waals surface area contributed by atoms with Crippen LogP contribution in [0, 0.1) is 0 Å². The molecule has 3 rings (SSSR count). The number of hydrogen-bond donors (Lipinski definition) is 0. The third-order valence-corrected chi connectivity index (χ3v) is 4.01. The maximum Gasteiger partial charge on any atom is 0.306 e. The molecule has 0 aliphatic heterocycles. The molecule has 0 saturated carbocycles. The Morgan fingerprint density at radius 3 is 2.39 bits per heavy atom. The quantitative estimate of drug-likeness (QED) is 0.615. The highest BCUT2D eigenvalue weighted by Gasteiger charge is 2.12. The van der Waals surface area contributed by atoms with Gasteiger partial charge >= 0.3 is 5.97 Å². The minimum absolute atomic E-state index is 0.158. The summed E-state index contributed by atoms with van der Waals surface area (Å²) in [5, 5.41) is 2.36. The van der Waals surface area contributed by atoms with Crippen LogP contribution in [0.25, 0.3) is 10.8 Å². The second kappa shape index (κ2) is 7.10. The van der Waals surface area contributed by atoms with Crippen molar-refractivity contribution >= 4 is 16.7 Å². The SMILES string of the molecule is C[C@@H](OC(=O)CCc1ccccc1)c1ccc2ccccc2c1. The number of hydrogen-bond acceptors (Lipinski definition) is 2. The van der Waals surface area contributed by atoms with Gasteiger partial charge in [-0.15, -0.1) is 0 Å². The number of carbonyl (C=O) groups is 1. The van der Waals surface area contributed by atoms with Gasteiger partial charge in [0, 0.05) is 6.42 Å². The molecule has 0 unspecified atom stereocenters. The van der Waals surface area contributed by atoms with Crippen LogP contribution in [0.15, 0.2) is 72.8 Å². The average molecular weight is 304 g/mol. The summed E-state index contributed by atoms with van der Waals surface area (Å²) in [5.74, 6) is -0.158. The van der Waals surface area contributed by atoms with Gasteiger partial charge in [0.1, 0.15) is 6.10 Å². The van der Waals surface area contributed by atoms with Gasteiger partial charge in [-0.05, 0) is 41.3 Å². The topological polar surface area (TPSA) is 26.3 Å². The van der Waals surface area contributed by atoms with E-state index in [1.54, 1.807) is 0 Å². The predicted molar refractivity (Wildman–Crippen MR) is 93.2 cm³/mol. The molecule has 0 aliphatic rings. The van der Waals surface area contributed by atoms with Gasteiger partial charge in [-0.1, -0.05) is 66.7 Å². The van der Waals surface area contributed by atoms with Crippen molar-refractivity contribution < 1.29 is 9.53 Å². The fourth-order valence-electron chi connectivity index (χ4n) is 2.68. The number of benzene rings is 3. The van der Waals surface area contributed by atoms with E-state index in [2.05, 4.69) is 24.3 Å². The van der Waals surface area contributed by atoms with E-state index in [-0.39, 0.29) is 12.1 Å². The first-order valence-electron chi connectivity index (χ1n) is 7.94. The van der Waals surface area contributed by atoms with Crippen molar-refractivity contribution in [1.29, 1.82) is 0 Å². The molecule has 23 heavy (non-hydrogen) atoms. The Morgan fingerprint density at radius 1 is 0.913 bits per heavy atom. The van der Waals surface area contributed by atoms with Crippen LogP contribution in [-0.2, 0) is 16.0 Å². The molecule has 0 aromatic heterocycles. The van der Waals surface area contributed by atoms with E-state index in [4.69, 9.17) is 4.74 Å². The molecule has 3 aromatic rings. The highest BCUT2D eigenvalue weighted by atomic mass is 16.5. The Labute approximate surface area is 136 Å². The summed E-state index contributed by atoms with van der Waals surface area (Å²) in [5.41, 5.74) is 2.18. The van der Waals surface area contributed by atoms with Crippen LogP contribution in [-0.4, -0.2) is 5.97 Å². The van der Waals surface area contributed by atoms with Crippen molar-refractivity contribution in [2.75, 3.05) is 0 Å². The molecule has 0 bridgehead atoms. The van der Waals surface area contributed by atoms with E-state index in [0.717, 1.165) is 16.5 Å². The van der Waals surface area contributed by atoms with Crippen molar-refractivity contribution in [2.45, 2.75) is 25.9 Å². The standard InChI is InChI=1S/C21H20O2/c1-16(19-13-12-18-9-5-6-10-20(18)15-19)23-21(22)14-11-17-7-3-2-4-8-17/h2-10,12-13,15-16H,11,14H2,1H3/t16-/m1/s1. The molecular weight excluding hydrogens is 284 g/mol. The summed E-state index contributed by atoms with van der Waals surface area (Å²) < 4.78 is 5.57. The minimum Gasteiger partial charge on any atom is -0.458 e. The number of fused-ring (bicyclic) bond motifs is 1. The van der Waals surface area contributed by atoms with E-state index in [1.807, 2.05) is 55.5 Å². The Morgan fingerprint density at radius 2 is 1.61 bits per heavy atom. The zero-order chi connectivity index (χ0) is 16.1. The van der Waals surface area contributed by atoms with E-state index < -0.39 is 0 Å². The lowest BCUT2D eigenvalue weighted by Gasteiger charge is -2.14. The Bertz CT molecular complexity index is 793. The minimum atomic E-state index is -0.233. The largest absolute Gasteiger partial charge is 0.458 e. The zero-order valence-corrected chi connectivity index (χ0v) is 13.2. The van der Waals surface area contributed by atoms with Gasteiger partial charge in [0.25, 0.3) is 0 Å². The molecule has 116 valence electrons. The van der Waals surface area contributed by atoms with E-state index in [0.29, 0.717) is 12.8 Å². The number of aryl methyl sites for hydroxylation is 1. The molecule has 0 heterocycles. The van der Waals surface area contributed by atoms with Gasteiger partial charge in [-0.3, -0.25) is 4.79 Å². The van der Waals surface area contributed by atoms with E-state index in [9.17, 15) is 4.79 Å². The molecule has 0 radical (unpaired) electrons. The van der Waals surface area contributed by atoms with Crippen LogP contribution < -0.4 is 0 Å². The predicted octanol–water partition coefficient (Wildman–Crippen LogP) is 5.08. The number of rotatable bonds is 5. The van der Waals surface area contributed by atoms with Crippen molar-refractivity contribution in [2.24, 2.45) is 0 Å². The third-order valence-electron chi connectivity index (χ3n) is 4.01. The lowest BCUT2D eigenvalue weighted by Crippen LogP contribution is -2.09. The molecule has 3 aromatic carbocycles. The number of esters is 1. The van der Waals surface area contributed by atoms with Crippen molar-refractivity contribution in [3.05, 3.63) is 83.9 Å². The lowest BCUT2D eigenvalue weighted by molar-refractivity contribution is -0.148. The van der Waals surface area contributed by atoms with Gasteiger partial charge in [-0.25, -0.2) is 0 Å². The Kier molecular flexibility index (Phi) is 4.72. The third kappa shape index (κ3) is 3.98. The highest BCUT2D eigenvalue weighted by molar-refractivity contribution is 5.83. The smallest absolute Gasteiger partial charge is 0.306 e. The van der Waals surface area contributed by atoms with Crippen LogP contribution >= 0.6 is 0 Å². The summed E-state index contributed by atoms with van der Waals surface area (Å²) in [6, 6.07) is 24.4. The maximum absolute atomic E-state index is 12.0. The summed E-state index contributed by atoms with van der Waals surface area (Å²) in [7, 11) is 0. The molecule has 0 aliphatic carbocycles. The summed E-state index contributed by atoms with van der Waals surface area (Å²) >= 11 is 0. The van der Waals surface area contributed by atoms with Crippen molar-refractivity contribution in [3.63, 3.8) is 0 Å². The van der Waals surface area contributed by atoms with E-state index >= 15 is 0 Å². The van der Waals surface area contributed by atoms with Crippen LogP contribution in [0.1, 0.15) is 30.6 Å². The summed E-state index contributed by atoms with van der Waals surface area (Å²) in [4.78, 5) is 12.0. The first-order chi connectivity index (χ1) is 11.2. The number of carbonyl (C=O) groups excluding carboxylic acids is 1. The second-order valence-electron chi connectivity index (χ2n) is 5.72. The molecule has 0 spiro atoms. The van der Waals surface area contributed by atoms with Gasteiger partial charge < -0.3 is 4.74 Å². The fourth-order valence-corrected chi connectivity index (χ4v) is 2.68. The molecule has 0 N–H and O–H groups in total.